The van der Waals surface area contributed by atoms with Crippen LogP contribution in [0, 0.1) is 5.92 Å². The summed E-state index contributed by atoms with van der Waals surface area (Å²) in [5, 5.41) is 4.51. The predicted octanol–water partition coefficient (Wildman–Crippen LogP) is 3.33. The van der Waals surface area contributed by atoms with Crippen LogP contribution in [-0.2, 0) is 24.5 Å². The summed E-state index contributed by atoms with van der Waals surface area (Å²) in [6.45, 7) is 4.59. The summed E-state index contributed by atoms with van der Waals surface area (Å²) >= 11 is 0. The van der Waals surface area contributed by atoms with E-state index in [0.717, 1.165) is 23.3 Å². The lowest BCUT2D eigenvalue weighted by Gasteiger charge is -2.28. The van der Waals surface area contributed by atoms with Crippen LogP contribution in [0.1, 0.15) is 24.6 Å². The number of hydrogen-bond donors (Lipinski definition) is 0. The molecule has 5 heteroatoms. The molecule has 0 bridgehead atoms. The minimum absolute atomic E-state index is 0.104. The average molecular weight is 349 g/mol. The van der Waals surface area contributed by atoms with Crippen LogP contribution in [0.25, 0.3) is 0 Å². The molecule has 0 fully saturated rings. The van der Waals surface area contributed by atoms with E-state index in [9.17, 15) is 4.79 Å². The molecular weight excluding hydrogens is 326 g/mol. The first kappa shape index (κ1) is 16.6. The zero-order valence-corrected chi connectivity index (χ0v) is 15.0. The molecule has 2 aromatic rings. The van der Waals surface area contributed by atoms with Crippen LogP contribution in [0.2, 0.25) is 0 Å². The fourth-order valence-corrected chi connectivity index (χ4v) is 3.28. The van der Waals surface area contributed by atoms with E-state index in [1.807, 2.05) is 58.1 Å². The highest BCUT2D eigenvalue weighted by molar-refractivity contribution is 5.96. The Bertz CT molecular complexity index is 851. The van der Waals surface area contributed by atoms with Gasteiger partial charge in [-0.15, -0.1) is 5.10 Å². The van der Waals surface area contributed by atoms with Gasteiger partial charge in [-0.05, 0) is 17.9 Å². The van der Waals surface area contributed by atoms with Crippen LogP contribution in [0.3, 0.4) is 0 Å². The van der Waals surface area contributed by atoms with Gasteiger partial charge >= 0.3 is 0 Å². The fraction of sp³-hybridized carbons (Fsp3) is 0.333. The average Bonchev–Trinajstić information content (AvgIpc) is 3.09. The van der Waals surface area contributed by atoms with E-state index in [-0.39, 0.29) is 5.91 Å². The Morgan fingerprint density at radius 2 is 2.12 bits per heavy atom. The van der Waals surface area contributed by atoms with Crippen molar-refractivity contribution in [3.8, 4) is 5.88 Å². The number of amides is 1. The van der Waals surface area contributed by atoms with Gasteiger partial charge in [-0.1, -0.05) is 55.5 Å². The van der Waals surface area contributed by atoms with Crippen molar-refractivity contribution in [2.45, 2.75) is 33.0 Å². The molecule has 4 rings (SSSR count). The number of benzene rings is 1. The predicted molar refractivity (Wildman–Crippen MR) is 99.4 cm³/mol. The second-order valence-electron chi connectivity index (χ2n) is 6.93. The minimum Gasteiger partial charge on any atom is -0.472 e. The van der Waals surface area contributed by atoms with Crippen LogP contribution in [0.4, 0.5) is 0 Å². The number of rotatable bonds is 4. The molecule has 2 aliphatic rings. The van der Waals surface area contributed by atoms with E-state index >= 15 is 0 Å². The van der Waals surface area contributed by atoms with E-state index in [0.29, 0.717) is 38.0 Å². The summed E-state index contributed by atoms with van der Waals surface area (Å²) in [4.78, 5) is 14.6. The minimum atomic E-state index is 0.104. The second-order valence-corrected chi connectivity index (χ2v) is 6.93. The number of aromatic nitrogens is 2. The van der Waals surface area contributed by atoms with Crippen LogP contribution < -0.4 is 4.74 Å². The lowest BCUT2D eigenvalue weighted by molar-refractivity contribution is -0.128. The number of fused-ring (bicyclic) bond motifs is 1. The molecule has 0 saturated heterocycles. The van der Waals surface area contributed by atoms with Gasteiger partial charge in [0.05, 0.1) is 18.8 Å². The van der Waals surface area contributed by atoms with Crippen LogP contribution in [0.5, 0.6) is 5.88 Å². The molecule has 0 spiro atoms. The van der Waals surface area contributed by atoms with E-state index in [2.05, 4.69) is 18.1 Å². The monoisotopic (exact) mass is 349 g/mol. The smallest absolute Gasteiger partial charge is 0.253 e. The first-order valence-corrected chi connectivity index (χ1v) is 9.10. The molecule has 26 heavy (non-hydrogen) atoms. The molecule has 0 N–H and O–H groups in total. The molecule has 1 aromatic carbocycles. The third-order valence-corrected chi connectivity index (χ3v) is 4.85. The molecule has 1 aliphatic carbocycles. The second kappa shape index (κ2) is 7.20. The maximum absolute atomic E-state index is 12.7. The zero-order chi connectivity index (χ0) is 17.9. The molecule has 134 valence electrons. The Kier molecular flexibility index (Phi) is 4.61. The van der Waals surface area contributed by atoms with Gasteiger partial charge in [0.15, 0.2) is 0 Å². The number of allylic oxidation sites excluding steroid dienone is 2. The Morgan fingerprint density at radius 3 is 2.88 bits per heavy atom. The van der Waals surface area contributed by atoms with Gasteiger partial charge in [-0.2, -0.15) is 0 Å². The van der Waals surface area contributed by atoms with Crippen LogP contribution in [-0.4, -0.2) is 27.1 Å². The SMILES string of the molecule is CC1C=CC(C(=O)N2CCn3nc(OCc4ccccc4)cc3C2)=CC1. The summed E-state index contributed by atoms with van der Waals surface area (Å²) in [7, 11) is 0. The molecule has 0 saturated carbocycles. The highest BCUT2D eigenvalue weighted by atomic mass is 16.5. The molecule has 0 radical (unpaired) electrons. The number of nitrogens with zero attached hydrogens (tertiary/aromatic N) is 3. The number of carbonyl (C=O) groups is 1. The highest BCUT2D eigenvalue weighted by Gasteiger charge is 2.24. The fourth-order valence-electron chi connectivity index (χ4n) is 3.28. The molecule has 1 amide bonds. The molecule has 2 heterocycles. The quantitative estimate of drug-likeness (QED) is 0.851. The molecule has 1 aliphatic heterocycles. The van der Waals surface area contributed by atoms with Crippen molar-refractivity contribution in [3.63, 3.8) is 0 Å². The van der Waals surface area contributed by atoms with Crippen molar-refractivity contribution in [3.05, 3.63) is 71.5 Å². The molecular formula is C21H23N3O2. The number of ether oxygens (including phenoxy) is 1. The first-order chi connectivity index (χ1) is 12.7. The Balaban J connectivity index is 1.40. The van der Waals surface area contributed by atoms with Gasteiger partial charge in [0.25, 0.3) is 5.91 Å². The highest BCUT2D eigenvalue weighted by Crippen LogP contribution is 2.22. The lowest BCUT2D eigenvalue weighted by Crippen LogP contribution is -2.39. The van der Waals surface area contributed by atoms with E-state index < -0.39 is 0 Å². The van der Waals surface area contributed by atoms with Gasteiger partial charge in [0.2, 0.25) is 5.88 Å². The van der Waals surface area contributed by atoms with Gasteiger partial charge in [-0.25, -0.2) is 0 Å². The van der Waals surface area contributed by atoms with Crippen LogP contribution in [0.15, 0.2) is 60.2 Å². The van der Waals surface area contributed by atoms with E-state index in [4.69, 9.17) is 4.74 Å². The van der Waals surface area contributed by atoms with Crippen molar-refractivity contribution >= 4 is 5.91 Å². The molecule has 1 aromatic heterocycles. The van der Waals surface area contributed by atoms with Crippen molar-refractivity contribution in [2.75, 3.05) is 6.54 Å². The van der Waals surface area contributed by atoms with E-state index in [1.165, 1.54) is 0 Å². The third kappa shape index (κ3) is 3.57. The summed E-state index contributed by atoms with van der Waals surface area (Å²) < 4.78 is 7.75. The van der Waals surface area contributed by atoms with Gasteiger partial charge in [-0.3, -0.25) is 9.48 Å². The third-order valence-electron chi connectivity index (χ3n) is 4.85. The Morgan fingerprint density at radius 1 is 1.27 bits per heavy atom. The largest absolute Gasteiger partial charge is 0.472 e. The summed E-state index contributed by atoms with van der Waals surface area (Å²) in [6, 6.07) is 12.0. The molecule has 5 nitrogen and oxygen atoms in total. The number of carbonyl (C=O) groups excluding carboxylic acids is 1. The van der Waals surface area contributed by atoms with Gasteiger partial charge in [0, 0.05) is 18.2 Å². The number of hydrogen-bond acceptors (Lipinski definition) is 3. The zero-order valence-electron chi connectivity index (χ0n) is 15.0. The molecule has 1 atom stereocenters. The van der Waals surface area contributed by atoms with E-state index in [1.54, 1.807) is 0 Å². The normalized spacial score (nSPS) is 19.0. The summed E-state index contributed by atoms with van der Waals surface area (Å²) in [6.07, 6.45) is 7.04. The Labute approximate surface area is 153 Å². The first-order valence-electron chi connectivity index (χ1n) is 9.10. The van der Waals surface area contributed by atoms with Crippen molar-refractivity contribution in [1.82, 2.24) is 14.7 Å². The van der Waals surface area contributed by atoms with Crippen molar-refractivity contribution in [2.24, 2.45) is 5.92 Å². The van der Waals surface area contributed by atoms with Gasteiger partial charge < -0.3 is 9.64 Å². The van der Waals surface area contributed by atoms with Crippen LogP contribution >= 0.6 is 0 Å². The molecule has 1 unspecified atom stereocenters. The van der Waals surface area contributed by atoms with Crippen molar-refractivity contribution < 1.29 is 9.53 Å². The van der Waals surface area contributed by atoms with Crippen molar-refractivity contribution in [1.29, 1.82) is 0 Å². The van der Waals surface area contributed by atoms with Gasteiger partial charge in [0.1, 0.15) is 6.61 Å². The Hall–Kier alpha value is -2.82. The topological polar surface area (TPSA) is 47.4 Å². The summed E-state index contributed by atoms with van der Waals surface area (Å²) in [5.74, 6) is 1.23. The standard InChI is InChI=1S/C21H23N3O2/c1-16-7-9-18(10-8-16)21(25)23-11-12-24-19(14-23)13-20(22-24)26-15-17-5-3-2-4-6-17/h2-7,9-10,13,16H,8,11-12,14-15H2,1H3. The summed E-state index contributed by atoms with van der Waals surface area (Å²) in [5.41, 5.74) is 2.93. The maximum atomic E-state index is 12.7. The lowest BCUT2D eigenvalue weighted by atomic mass is 9.98. The maximum Gasteiger partial charge on any atom is 0.253 e.